The Morgan fingerprint density at radius 2 is 2.00 bits per heavy atom. The van der Waals surface area contributed by atoms with Gasteiger partial charge in [0.05, 0.1) is 11.1 Å². The third-order valence-electron chi connectivity index (χ3n) is 2.43. The van der Waals surface area contributed by atoms with Crippen molar-refractivity contribution in [2.75, 3.05) is 0 Å². The first kappa shape index (κ1) is 11.6. The minimum Gasteiger partial charge on any atom is -0.316 e. The first-order chi connectivity index (χ1) is 8.06. The fourth-order valence-corrected chi connectivity index (χ4v) is 1.68. The molecule has 0 spiro atoms. The third-order valence-corrected chi connectivity index (χ3v) is 2.43. The summed E-state index contributed by atoms with van der Waals surface area (Å²) in [7, 11) is 0. The van der Waals surface area contributed by atoms with Gasteiger partial charge in [0.25, 0.3) is 0 Å². The van der Waals surface area contributed by atoms with Gasteiger partial charge in [0.2, 0.25) is 0 Å². The monoisotopic (exact) mass is 224 g/mol. The van der Waals surface area contributed by atoms with E-state index in [0.29, 0.717) is 6.42 Å². The number of pyridine rings is 1. The Morgan fingerprint density at radius 3 is 2.76 bits per heavy atom. The maximum Gasteiger partial charge on any atom is 0.0719 e. The van der Waals surface area contributed by atoms with Crippen molar-refractivity contribution in [1.82, 2.24) is 4.98 Å². The van der Waals surface area contributed by atoms with Crippen molar-refractivity contribution in [3.8, 4) is 11.8 Å². The molecule has 0 aliphatic heterocycles. The van der Waals surface area contributed by atoms with Gasteiger partial charge < -0.3 is 5.73 Å². The molecule has 0 radical (unpaired) electrons. The highest BCUT2D eigenvalue weighted by Crippen LogP contribution is 2.16. The van der Waals surface area contributed by atoms with Crippen molar-refractivity contribution in [1.29, 1.82) is 0 Å². The van der Waals surface area contributed by atoms with Crippen LogP contribution in [0.1, 0.15) is 19.4 Å². The lowest BCUT2D eigenvalue weighted by molar-refractivity contribution is 0.680. The van der Waals surface area contributed by atoms with Crippen molar-refractivity contribution in [2.45, 2.75) is 25.8 Å². The van der Waals surface area contributed by atoms with E-state index in [1.807, 2.05) is 44.3 Å². The molecule has 2 N–H and O–H groups in total. The van der Waals surface area contributed by atoms with Crippen LogP contribution in [0.15, 0.2) is 36.5 Å². The predicted octanol–water partition coefficient (Wildman–Crippen LogP) is 2.52. The first-order valence-corrected chi connectivity index (χ1v) is 5.68. The zero-order valence-electron chi connectivity index (χ0n) is 10.2. The maximum absolute atomic E-state index is 5.83. The fourth-order valence-electron chi connectivity index (χ4n) is 1.68. The second kappa shape index (κ2) is 4.57. The maximum atomic E-state index is 5.83. The van der Waals surface area contributed by atoms with Crippen LogP contribution in [-0.2, 0) is 6.42 Å². The van der Waals surface area contributed by atoms with Crippen molar-refractivity contribution >= 4 is 10.9 Å². The Labute approximate surface area is 102 Å². The highest BCUT2D eigenvalue weighted by molar-refractivity contribution is 5.82. The van der Waals surface area contributed by atoms with E-state index in [2.05, 4.69) is 22.9 Å². The molecule has 2 rings (SSSR count). The van der Waals surface area contributed by atoms with Crippen LogP contribution in [-0.4, -0.2) is 10.5 Å². The molecule has 0 fully saturated rings. The Balaban J connectivity index is 2.33. The number of nitrogens with two attached hydrogens (primary N) is 1. The summed E-state index contributed by atoms with van der Waals surface area (Å²) in [6, 6.07) is 10.1. The molecule has 0 bridgehead atoms. The molecule has 2 heteroatoms. The Hall–Kier alpha value is -1.85. The van der Waals surface area contributed by atoms with Crippen LogP contribution >= 0.6 is 0 Å². The minimum atomic E-state index is -0.428. The van der Waals surface area contributed by atoms with Crippen LogP contribution in [0.5, 0.6) is 0 Å². The summed E-state index contributed by atoms with van der Waals surface area (Å²) in [5, 5.41) is 1.17. The van der Waals surface area contributed by atoms with Gasteiger partial charge in [0.15, 0.2) is 0 Å². The smallest absolute Gasteiger partial charge is 0.0719 e. The van der Waals surface area contributed by atoms with Crippen molar-refractivity contribution < 1.29 is 0 Å². The molecule has 86 valence electrons. The molecule has 0 amide bonds. The summed E-state index contributed by atoms with van der Waals surface area (Å²) in [4.78, 5) is 4.33. The van der Waals surface area contributed by atoms with E-state index in [9.17, 15) is 0 Å². The topological polar surface area (TPSA) is 38.9 Å². The molecule has 0 unspecified atom stereocenters. The van der Waals surface area contributed by atoms with Crippen molar-refractivity contribution in [2.24, 2.45) is 5.73 Å². The van der Waals surface area contributed by atoms with E-state index >= 15 is 0 Å². The number of benzene rings is 1. The third kappa shape index (κ3) is 3.05. The average molecular weight is 224 g/mol. The molecule has 2 aromatic rings. The lowest BCUT2D eigenvalue weighted by Crippen LogP contribution is -2.29. The second-order valence-corrected chi connectivity index (χ2v) is 4.69. The molecule has 0 aliphatic rings. The summed E-state index contributed by atoms with van der Waals surface area (Å²) in [5.41, 5.74) is 7.61. The average Bonchev–Trinajstić information content (AvgIpc) is 2.28. The normalized spacial score (nSPS) is 11.0. The number of hydrogen-bond acceptors (Lipinski definition) is 2. The number of rotatable bonds is 1. The Morgan fingerprint density at radius 1 is 1.24 bits per heavy atom. The zero-order valence-corrected chi connectivity index (χ0v) is 10.2. The SMILES string of the molecule is CC(C)(N)C#CCc1ccnc2ccccc12. The largest absolute Gasteiger partial charge is 0.316 e. The Kier molecular flexibility index (Phi) is 3.12. The quantitative estimate of drug-likeness (QED) is 0.756. The lowest BCUT2D eigenvalue weighted by Gasteiger charge is -2.07. The first-order valence-electron chi connectivity index (χ1n) is 5.68. The second-order valence-electron chi connectivity index (χ2n) is 4.69. The van der Waals surface area contributed by atoms with Gasteiger partial charge in [-0.15, -0.1) is 0 Å². The summed E-state index contributed by atoms with van der Waals surface area (Å²) in [5.74, 6) is 6.17. The van der Waals surface area contributed by atoms with Gasteiger partial charge in [-0.2, -0.15) is 0 Å². The highest BCUT2D eigenvalue weighted by Gasteiger charge is 2.04. The molecular weight excluding hydrogens is 208 g/mol. The summed E-state index contributed by atoms with van der Waals surface area (Å²) >= 11 is 0. The van der Waals surface area contributed by atoms with Crippen LogP contribution in [0.4, 0.5) is 0 Å². The molecule has 0 atom stereocenters. The number of fused-ring (bicyclic) bond motifs is 1. The van der Waals surface area contributed by atoms with Crippen LogP contribution < -0.4 is 5.73 Å². The van der Waals surface area contributed by atoms with Crippen molar-refractivity contribution in [3.63, 3.8) is 0 Å². The molecule has 0 aliphatic carbocycles. The molecule has 0 saturated carbocycles. The summed E-state index contributed by atoms with van der Waals surface area (Å²) in [6.07, 6.45) is 2.54. The number of aromatic nitrogens is 1. The van der Waals surface area contributed by atoms with E-state index in [1.165, 1.54) is 10.9 Å². The van der Waals surface area contributed by atoms with Crippen LogP contribution in [0.2, 0.25) is 0 Å². The lowest BCUT2D eigenvalue weighted by atomic mass is 10.0. The van der Waals surface area contributed by atoms with Crippen molar-refractivity contribution in [3.05, 3.63) is 42.1 Å². The summed E-state index contributed by atoms with van der Waals surface area (Å²) in [6.45, 7) is 3.81. The fraction of sp³-hybridized carbons (Fsp3) is 0.267. The van der Waals surface area contributed by atoms with E-state index in [0.717, 1.165) is 5.52 Å². The molecule has 1 aromatic carbocycles. The standard InChI is InChI=1S/C15H16N2/c1-15(2,16)10-5-6-12-9-11-17-14-8-4-3-7-13(12)14/h3-4,7-9,11H,6,16H2,1-2H3. The van der Waals surface area contributed by atoms with Crippen LogP contribution in [0.3, 0.4) is 0 Å². The molecule has 1 aromatic heterocycles. The Bertz CT molecular complexity index is 578. The molecule has 17 heavy (non-hydrogen) atoms. The number of hydrogen-bond donors (Lipinski definition) is 1. The van der Waals surface area contributed by atoms with Gasteiger partial charge in [-0.1, -0.05) is 30.0 Å². The molecule has 2 nitrogen and oxygen atoms in total. The molecule has 1 heterocycles. The molecule has 0 saturated heterocycles. The van der Waals surface area contributed by atoms with E-state index in [4.69, 9.17) is 5.73 Å². The minimum absolute atomic E-state index is 0.428. The summed E-state index contributed by atoms with van der Waals surface area (Å²) < 4.78 is 0. The molecular formula is C15H16N2. The van der Waals surface area contributed by atoms with Crippen LogP contribution in [0.25, 0.3) is 10.9 Å². The predicted molar refractivity (Wildman–Crippen MR) is 71.5 cm³/mol. The van der Waals surface area contributed by atoms with Gasteiger partial charge in [-0.25, -0.2) is 0 Å². The van der Waals surface area contributed by atoms with Gasteiger partial charge >= 0.3 is 0 Å². The van der Waals surface area contributed by atoms with Gasteiger partial charge in [-0.05, 0) is 31.5 Å². The number of nitrogens with zero attached hydrogens (tertiary/aromatic N) is 1. The highest BCUT2D eigenvalue weighted by atomic mass is 14.7. The zero-order chi connectivity index (χ0) is 12.3. The van der Waals surface area contributed by atoms with Crippen LogP contribution in [0, 0.1) is 11.8 Å². The van der Waals surface area contributed by atoms with Gasteiger partial charge in [-0.3, -0.25) is 4.98 Å². The van der Waals surface area contributed by atoms with Gasteiger partial charge in [0.1, 0.15) is 0 Å². The van der Waals surface area contributed by atoms with E-state index in [-0.39, 0.29) is 0 Å². The van der Waals surface area contributed by atoms with E-state index < -0.39 is 5.54 Å². The van der Waals surface area contributed by atoms with Gasteiger partial charge in [0, 0.05) is 18.0 Å². The van der Waals surface area contributed by atoms with E-state index in [1.54, 1.807) is 0 Å². The number of para-hydroxylation sites is 1.